The predicted molar refractivity (Wildman–Crippen MR) is 142 cm³/mol. The molecule has 0 bridgehead atoms. The molecule has 0 aromatic heterocycles. The highest BCUT2D eigenvalue weighted by Crippen LogP contribution is 2.31. The molecule has 0 spiro atoms. The van der Waals surface area contributed by atoms with E-state index in [1.165, 1.54) is 11.1 Å². The summed E-state index contributed by atoms with van der Waals surface area (Å²) >= 11 is 6.48. The topological polar surface area (TPSA) is 128 Å². The van der Waals surface area contributed by atoms with Crippen molar-refractivity contribution in [2.75, 3.05) is 25.0 Å². The first-order valence-corrected chi connectivity index (χ1v) is 12.6. The van der Waals surface area contributed by atoms with Crippen molar-refractivity contribution < 1.29 is 24.6 Å². The highest BCUT2D eigenvalue weighted by atomic mass is 35.5. The van der Waals surface area contributed by atoms with Gasteiger partial charge in [-0.2, -0.15) is 0 Å². The monoisotopic (exact) mass is 517 g/mol. The van der Waals surface area contributed by atoms with E-state index < -0.39 is 11.9 Å². The molecule has 2 aromatic carbocycles. The third-order valence-electron chi connectivity index (χ3n) is 5.73. The molecule has 0 unspecified atom stereocenters. The molecule has 1 aliphatic heterocycles. The second kappa shape index (κ2) is 15.1. The molecule has 8 nitrogen and oxygen atoms in total. The van der Waals surface area contributed by atoms with E-state index in [9.17, 15) is 14.4 Å². The van der Waals surface area contributed by atoms with E-state index in [1.807, 2.05) is 30.3 Å². The number of carbonyl (C=O) groups excluding carboxylic acids is 1. The molecule has 1 aliphatic rings. The lowest BCUT2D eigenvalue weighted by molar-refractivity contribution is -0.143. The number of carboxylic acid groups (broad SMARTS) is 2. The number of rotatable bonds is 10. The molecule has 0 fully saturated rings. The number of carbonyl (C=O) groups is 3. The van der Waals surface area contributed by atoms with Crippen LogP contribution in [-0.2, 0) is 29.0 Å². The average molecular weight is 518 g/mol. The van der Waals surface area contributed by atoms with E-state index in [-0.39, 0.29) is 18.7 Å². The predicted octanol–water partition coefficient (Wildman–Crippen LogP) is 4.35. The Morgan fingerprint density at radius 1 is 0.972 bits per heavy atom. The van der Waals surface area contributed by atoms with Gasteiger partial charge in [-0.25, -0.2) is 0 Å². The van der Waals surface area contributed by atoms with Crippen LogP contribution in [0, 0.1) is 5.92 Å². The van der Waals surface area contributed by atoms with Gasteiger partial charge in [-0.3, -0.25) is 14.4 Å². The molecule has 1 amide bonds. The standard InChI is InChI=1S/C23H30ClN3O.C4H6O4/c1-16(2)9-14-26-23(28)19-5-3-17(4-6-19)15-27-22-20-11-13-25-12-10-18(20)7-8-21(22)24;5-3(6)1-2-4(7)8/h3-8,16,25,27H,9-15H2,1-2H3,(H,26,28);1-2H2,(H,5,6)(H,7,8). The minimum atomic E-state index is -1.08. The van der Waals surface area contributed by atoms with Gasteiger partial charge < -0.3 is 26.2 Å². The number of carboxylic acids is 2. The molecule has 36 heavy (non-hydrogen) atoms. The van der Waals surface area contributed by atoms with Crippen molar-refractivity contribution in [3.05, 3.63) is 63.7 Å². The minimum Gasteiger partial charge on any atom is -0.481 e. The van der Waals surface area contributed by atoms with Crippen molar-refractivity contribution in [3.8, 4) is 0 Å². The van der Waals surface area contributed by atoms with Crippen LogP contribution in [0.25, 0.3) is 0 Å². The van der Waals surface area contributed by atoms with Gasteiger partial charge in [0.15, 0.2) is 0 Å². The van der Waals surface area contributed by atoms with Gasteiger partial charge in [0.1, 0.15) is 0 Å². The molecule has 196 valence electrons. The minimum absolute atomic E-state index is 0.0101. The number of nitrogens with one attached hydrogen (secondary N) is 3. The Labute approximate surface area is 217 Å². The molecule has 0 saturated heterocycles. The van der Waals surface area contributed by atoms with Gasteiger partial charge in [-0.05, 0) is 73.2 Å². The molecule has 5 N–H and O–H groups in total. The summed E-state index contributed by atoms with van der Waals surface area (Å²) in [6.07, 6.45) is 2.41. The molecule has 0 saturated carbocycles. The molecule has 9 heteroatoms. The normalized spacial score (nSPS) is 12.6. The fourth-order valence-corrected chi connectivity index (χ4v) is 3.93. The van der Waals surface area contributed by atoms with Gasteiger partial charge in [0.05, 0.1) is 23.6 Å². The Bertz CT molecular complexity index is 1010. The van der Waals surface area contributed by atoms with Crippen LogP contribution in [0.5, 0.6) is 0 Å². The van der Waals surface area contributed by atoms with Crippen molar-refractivity contribution >= 4 is 35.1 Å². The number of hydrogen-bond acceptors (Lipinski definition) is 5. The Morgan fingerprint density at radius 2 is 1.61 bits per heavy atom. The number of hydrogen-bond donors (Lipinski definition) is 5. The van der Waals surface area contributed by atoms with Crippen LogP contribution in [0.3, 0.4) is 0 Å². The Morgan fingerprint density at radius 3 is 2.22 bits per heavy atom. The van der Waals surface area contributed by atoms with Gasteiger partial charge in [0, 0.05) is 18.7 Å². The SMILES string of the molecule is CC(C)CCNC(=O)c1ccc(CNc2c(Cl)ccc3c2CCNCC3)cc1.O=C(O)CCC(=O)O. The fourth-order valence-electron chi connectivity index (χ4n) is 3.69. The maximum Gasteiger partial charge on any atom is 0.303 e. The Hall–Kier alpha value is -3.10. The maximum absolute atomic E-state index is 12.2. The van der Waals surface area contributed by atoms with Crippen molar-refractivity contribution in [2.45, 2.75) is 52.5 Å². The lowest BCUT2D eigenvalue weighted by Gasteiger charge is -2.16. The van der Waals surface area contributed by atoms with Crippen LogP contribution in [-0.4, -0.2) is 47.7 Å². The van der Waals surface area contributed by atoms with E-state index >= 15 is 0 Å². The first-order chi connectivity index (χ1) is 17.2. The summed E-state index contributed by atoms with van der Waals surface area (Å²) < 4.78 is 0. The van der Waals surface area contributed by atoms with E-state index in [0.29, 0.717) is 24.6 Å². The van der Waals surface area contributed by atoms with E-state index in [4.69, 9.17) is 21.8 Å². The summed E-state index contributed by atoms with van der Waals surface area (Å²) in [6, 6.07) is 11.9. The van der Waals surface area contributed by atoms with Gasteiger partial charge in [-0.1, -0.05) is 43.6 Å². The summed E-state index contributed by atoms with van der Waals surface area (Å²) in [4.78, 5) is 31.5. The van der Waals surface area contributed by atoms with Crippen LogP contribution in [0.1, 0.15) is 60.2 Å². The third-order valence-corrected chi connectivity index (χ3v) is 6.04. The smallest absolute Gasteiger partial charge is 0.303 e. The van der Waals surface area contributed by atoms with Gasteiger partial charge in [-0.15, -0.1) is 0 Å². The van der Waals surface area contributed by atoms with E-state index in [2.05, 4.69) is 35.9 Å². The van der Waals surface area contributed by atoms with Crippen LogP contribution in [0.15, 0.2) is 36.4 Å². The van der Waals surface area contributed by atoms with Gasteiger partial charge in [0.25, 0.3) is 5.91 Å². The number of aliphatic carboxylic acids is 2. The van der Waals surface area contributed by atoms with Crippen LogP contribution in [0.2, 0.25) is 5.02 Å². The quantitative estimate of drug-likeness (QED) is 0.317. The lowest BCUT2D eigenvalue weighted by atomic mass is 10.0. The van der Waals surface area contributed by atoms with Crippen molar-refractivity contribution in [3.63, 3.8) is 0 Å². The number of fused-ring (bicyclic) bond motifs is 1. The number of anilines is 1. The molecular formula is C27H36ClN3O5. The second-order valence-electron chi connectivity index (χ2n) is 9.09. The molecule has 1 heterocycles. The first kappa shape index (κ1) is 29.1. The second-order valence-corrected chi connectivity index (χ2v) is 9.49. The molecular weight excluding hydrogens is 482 g/mol. The highest BCUT2D eigenvalue weighted by Gasteiger charge is 2.15. The zero-order chi connectivity index (χ0) is 26.5. The zero-order valence-corrected chi connectivity index (χ0v) is 21.7. The zero-order valence-electron chi connectivity index (χ0n) is 20.9. The van der Waals surface area contributed by atoms with Gasteiger partial charge in [0.2, 0.25) is 0 Å². The molecule has 0 radical (unpaired) electrons. The number of benzene rings is 2. The Balaban J connectivity index is 0.000000493. The van der Waals surface area contributed by atoms with Gasteiger partial charge >= 0.3 is 11.9 Å². The summed E-state index contributed by atoms with van der Waals surface area (Å²) in [5.41, 5.74) is 5.55. The van der Waals surface area contributed by atoms with Crippen molar-refractivity contribution in [1.82, 2.24) is 10.6 Å². The highest BCUT2D eigenvalue weighted by molar-refractivity contribution is 6.33. The Kier molecular flexibility index (Phi) is 12.2. The largest absolute Gasteiger partial charge is 0.481 e. The fraction of sp³-hybridized carbons (Fsp3) is 0.444. The number of halogens is 1. The molecule has 0 atom stereocenters. The van der Waals surface area contributed by atoms with Crippen LogP contribution in [0.4, 0.5) is 5.69 Å². The lowest BCUT2D eigenvalue weighted by Crippen LogP contribution is -2.25. The van der Waals surface area contributed by atoms with E-state index in [0.717, 1.165) is 48.6 Å². The summed E-state index contributed by atoms with van der Waals surface area (Å²) in [5.74, 6) is -1.58. The maximum atomic E-state index is 12.2. The third kappa shape index (κ3) is 10.3. The first-order valence-electron chi connectivity index (χ1n) is 12.2. The number of amides is 1. The molecule has 3 rings (SSSR count). The van der Waals surface area contributed by atoms with Crippen LogP contribution >= 0.6 is 11.6 Å². The molecule has 0 aliphatic carbocycles. The summed E-state index contributed by atoms with van der Waals surface area (Å²) in [7, 11) is 0. The summed E-state index contributed by atoms with van der Waals surface area (Å²) in [5, 5.41) is 26.5. The summed E-state index contributed by atoms with van der Waals surface area (Å²) in [6.45, 7) is 7.69. The van der Waals surface area contributed by atoms with Crippen LogP contribution < -0.4 is 16.0 Å². The average Bonchev–Trinajstić information content (AvgIpc) is 3.08. The van der Waals surface area contributed by atoms with E-state index in [1.54, 1.807) is 0 Å². The molecule has 2 aromatic rings. The van der Waals surface area contributed by atoms with Crippen molar-refractivity contribution in [2.24, 2.45) is 5.92 Å². The van der Waals surface area contributed by atoms with Crippen molar-refractivity contribution in [1.29, 1.82) is 0 Å².